The summed E-state index contributed by atoms with van der Waals surface area (Å²) in [4.78, 5) is 2.52. The van der Waals surface area contributed by atoms with Crippen molar-refractivity contribution in [3.63, 3.8) is 0 Å². The van der Waals surface area contributed by atoms with E-state index in [1.54, 1.807) is 0 Å². The molecule has 6 nitrogen and oxygen atoms in total. The van der Waals surface area contributed by atoms with Crippen LogP contribution in [0, 0.1) is 5.92 Å². The minimum Gasteiger partial charge on any atom is -0.390 e. The first kappa shape index (κ1) is 14.3. The van der Waals surface area contributed by atoms with E-state index in [0.29, 0.717) is 11.6 Å². The second-order valence-corrected chi connectivity index (χ2v) is 5.92. The molecular weight excluding hydrogens is 266 g/mol. The molecule has 0 bridgehead atoms. The number of aliphatic hydroxyl groups excluding tert-OH is 1. The molecule has 0 amide bonds. The maximum atomic E-state index is 9.01. The molecule has 1 aliphatic heterocycles. The van der Waals surface area contributed by atoms with Gasteiger partial charge in [-0.1, -0.05) is 5.21 Å². The van der Waals surface area contributed by atoms with Crippen LogP contribution >= 0.6 is 0 Å². The lowest BCUT2D eigenvalue weighted by atomic mass is 9.97. The Kier molecular flexibility index (Phi) is 4.36. The molecular formula is C15H23N5O. The molecule has 0 radical (unpaired) electrons. The lowest BCUT2D eigenvalue weighted by Crippen LogP contribution is -2.35. The van der Waals surface area contributed by atoms with Crippen LogP contribution in [0.3, 0.4) is 0 Å². The van der Waals surface area contributed by atoms with E-state index in [2.05, 4.69) is 45.2 Å². The zero-order valence-electron chi connectivity index (χ0n) is 12.5. The third-order valence-electron chi connectivity index (χ3n) is 4.34. The largest absolute Gasteiger partial charge is 0.390 e. The van der Waals surface area contributed by atoms with E-state index >= 15 is 0 Å². The van der Waals surface area contributed by atoms with E-state index in [-0.39, 0.29) is 6.61 Å². The van der Waals surface area contributed by atoms with Gasteiger partial charge in [0.1, 0.15) is 5.69 Å². The molecule has 3 rings (SSSR count). The van der Waals surface area contributed by atoms with Crippen molar-refractivity contribution in [2.24, 2.45) is 13.0 Å². The van der Waals surface area contributed by atoms with Crippen LogP contribution < -0.4 is 0 Å². The molecule has 1 aliphatic rings. The molecule has 6 heteroatoms. The Labute approximate surface area is 125 Å². The van der Waals surface area contributed by atoms with Gasteiger partial charge in [0.2, 0.25) is 0 Å². The van der Waals surface area contributed by atoms with Gasteiger partial charge in [-0.05, 0) is 44.0 Å². The predicted molar refractivity (Wildman–Crippen MR) is 79.4 cm³/mol. The lowest BCUT2D eigenvalue weighted by Gasteiger charge is -2.31. The molecule has 0 unspecified atom stereocenters. The molecule has 0 aliphatic carbocycles. The van der Waals surface area contributed by atoms with Crippen molar-refractivity contribution in [2.75, 3.05) is 13.1 Å². The lowest BCUT2D eigenvalue weighted by molar-refractivity contribution is 0.161. The van der Waals surface area contributed by atoms with Crippen molar-refractivity contribution in [3.05, 3.63) is 35.9 Å². The van der Waals surface area contributed by atoms with E-state index in [1.165, 1.54) is 18.5 Å². The van der Waals surface area contributed by atoms with Crippen LogP contribution in [0.5, 0.6) is 0 Å². The summed E-state index contributed by atoms with van der Waals surface area (Å²) in [5, 5.41) is 17.0. The van der Waals surface area contributed by atoms with E-state index in [1.807, 2.05) is 10.9 Å². The molecule has 0 aromatic carbocycles. The summed E-state index contributed by atoms with van der Waals surface area (Å²) in [7, 11) is 2.10. The van der Waals surface area contributed by atoms with E-state index < -0.39 is 0 Å². The SMILES string of the molecule is Cn1cccc1CN1CCC(Cn2cc(CO)nn2)CC1. The molecule has 0 saturated carbocycles. The maximum absolute atomic E-state index is 9.01. The summed E-state index contributed by atoms with van der Waals surface area (Å²) < 4.78 is 4.06. The van der Waals surface area contributed by atoms with Gasteiger partial charge in [0, 0.05) is 32.0 Å². The van der Waals surface area contributed by atoms with Crippen molar-refractivity contribution in [1.29, 1.82) is 0 Å². The third kappa shape index (κ3) is 3.51. The first-order chi connectivity index (χ1) is 10.2. The minimum atomic E-state index is -0.0326. The van der Waals surface area contributed by atoms with Gasteiger partial charge in [0.25, 0.3) is 0 Å². The average molecular weight is 289 g/mol. The fourth-order valence-corrected chi connectivity index (χ4v) is 2.98. The summed E-state index contributed by atoms with van der Waals surface area (Å²) in [6.45, 7) is 4.18. The van der Waals surface area contributed by atoms with E-state index in [4.69, 9.17) is 5.11 Å². The van der Waals surface area contributed by atoms with Gasteiger partial charge in [-0.25, -0.2) is 0 Å². The molecule has 114 valence electrons. The topological polar surface area (TPSA) is 59.1 Å². The summed E-state index contributed by atoms with van der Waals surface area (Å²) in [6.07, 6.45) is 6.33. The van der Waals surface area contributed by atoms with Crippen LogP contribution in [0.1, 0.15) is 24.2 Å². The number of piperidine rings is 1. The molecule has 1 saturated heterocycles. The molecule has 3 heterocycles. The highest BCUT2D eigenvalue weighted by Gasteiger charge is 2.20. The summed E-state index contributed by atoms with van der Waals surface area (Å²) in [6, 6.07) is 4.30. The molecule has 2 aromatic rings. The van der Waals surface area contributed by atoms with Crippen LogP contribution in [-0.4, -0.2) is 42.7 Å². The maximum Gasteiger partial charge on any atom is 0.108 e. The fourth-order valence-electron chi connectivity index (χ4n) is 2.98. The molecule has 0 atom stereocenters. The zero-order chi connectivity index (χ0) is 14.7. The normalized spacial score (nSPS) is 17.4. The second kappa shape index (κ2) is 6.41. The van der Waals surface area contributed by atoms with Crippen molar-refractivity contribution in [2.45, 2.75) is 32.5 Å². The van der Waals surface area contributed by atoms with Crippen LogP contribution in [0.4, 0.5) is 0 Å². The van der Waals surface area contributed by atoms with Crippen molar-refractivity contribution in [1.82, 2.24) is 24.5 Å². The Morgan fingerprint density at radius 2 is 2.14 bits per heavy atom. The Balaban J connectivity index is 1.47. The van der Waals surface area contributed by atoms with Crippen LogP contribution in [-0.2, 0) is 26.7 Å². The number of hydrogen-bond acceptors (Lipinski definition) is 4. The Hall–Kier alpha value is -1.66. The van der Waals surface area contributed by atoms with Crippen molar-refractivity contribution >= 4 is 0 Å². The number of likely N-dealkylation sites (tertiary alicyclic amines) is 1. The number of nitrogens with zero attached hydrogens (tertiary/aromatic N) is 5. The van der Waals surface area contributed by atoms with Gasteiger partial charge in [0.05, 0.1) is 12.8 Å². The standard InChI is InChI=1S/C15H23N5O/c1-18-6-2-3-15(18)11-19-7-4-13(5-8-19)9-20-10-14(12-21)16-17-20/h2-3,6,10,13,21H,4-5,7-9,11-12H2,1H3. The highest BCUT2D eigenvalue weighted by molar-refractivity contribution is 5.06. The molecule has 0 spiro atoms. The Morgan fingerprint density at radius 1 is 1.33 bits per heavy atom. The van der Waals surface area contributed by atoms with Gasteiger partial charge in [-0.2, -0.15) is 0 Å². The first-order valence-electron chi connectivity index (χ1n) is 7.57. The van der Waals surface area contributed by atoms with Crippen LogP contribution in [0.2, 0.25) is 0 Å². The highest BCUT2D eigenvalue weighted by atomic mass is 16.3. The minimum absolute atomic E-state index is 0.0326. The monoisotopic (exact) mass is 289 g/mol. The average Bonchev–Trinajstić information content (AvgIpc) is 3.11. The summed E-state index contributed by atoms with van der Waals surface area (Å²) in [5.74, 6) is 0.655. The van der Waals surface area contributed by atoms with Gasteiger partial charge < -0.3 is 9.67 Å². The smallest absolute Gasteiger partial charge is 0.108 e. The number of aliphatic hydroxyl groups is 1. The third-order valence-corrected chi connectivity index (χ3v) is 4.34. The van der Waals surface area contributed by atoms with E-state index in [0.717, 1.165) is 26.2 Å². The zero-order valence-corrected chi connectivity index (χ0v) is 12.5. The first-order valence-corrected chi connectivity index (χ1v) is 7.57. The second-order valence-electron chi connectivity index (χ2n) is 5.92. The summed E-state index contributed by atoms with van der Waals surface area (Å²) >= 11 is 0. The number of aryl methyl sites for hydroxylation is 1. The van der Waals surface area contributed by atoms with Crippen molar-refractivity contribution < 1.29 is 5.11 Å². The fraction of sp³-hybridized carbons (Fsp3) is 0.600. The van der Waals surface area contributed by atoms with Gasteiger partial charge in [-0.15, -0.1) is 5.10 Å². The van der Waals surface area contributed by atoms with Gasteiger partial charge in [0.15, 0.2) is 0 Å². The highest BCUT2D eigenvalue weighted by Crippen LogP contribution is 2.20. The molecule has 21 heavy (non-hydrogen) atoms. The molecule has 1 N–H and O–H groups in total. The Bertz CT molecular complexity index is 568. The number of rotatable bonds is 5. The van der Waals surface area contributed by atoms with E-state index in [9.17, 15) is 0 Å². The number of hydrogen-bond donors (Lipinski definition) is 1. The number of aromatic nitrogens is 4. The van der Waals surface area contributed by atoms with Crippen LogP contribution in [0.25, 0.3) is 0 Å². The van der Waals surface area contributed by atoms with Gasteiger partial charge in [-0.3, -0.25) is 9.58 Å². The Morgan fingerprint density at radius 3 is 2.76 bits per heavy atom. The van der Waals surface area contributed by atoms with Crippen LogP contribution in [0.15, 0.2) is 24.5 Å². The quantitative estimate of drug-likeness (QED) is 0.893. The predicted octanol–water partition coefficient (Wildman–Crippen LogP) is 1.02. The molecule has 1 fully saturated rings. The summed E-state index contributed by atoms with van der Waals surface area (Å²) in [5.41, 5.74) is 2.02. The van der Waals surface area contributed by atoms with Crippen molar-refractivity contribution in [3.8, 4) is 0 Å². The molecule has 2 aromatic heterocycles. The van der Waals surface area contributed by atoms with Gasteiger partial charge >= 0.3 is 0 Å².